The van der Waals surface area contributed by atoms with Gasteiger partial charge in [-0.1, -0.05) is 23.7 Å². The smallest absolute Gasteiger partial charge is 0.231 e. The lowest BCUT2D eigenvalue weighted by atomic mass is 9.90. The Hall–Kier alpha value is -3.48. The molecule has 1 aromatic heterocycles. The molecule has 3 aromatic carbocycles. The van der Waals surface area contributed by atoms with Gasteiger partial charge in [0.15, 0.2) is 35.7 Å². The Labute approximate surface area is 214 Å². The monoisotopic (exact) mass is 504 g/mol. The van der Waals surface area contributed by atoms with Crippen molar-refractivity contribution >= 4 is 22.4 Å². The van der Waals surface area contributed by atoms with Crippen LogP contribution < -0.4 is 23.5 Å². The number of benzene rings is 3. The van der Waals surface area contributed by atoms with Crippen LogP contribution in [0.1, 0.15) is 16.7 Å². The SMILES string of the molecule is COc1ccc2c(CCOCc3ccc(Cl)cc3)c3[n+](cc2c1OC)CCc1cc2c(cc1-3)OCO2. The van der Waals surface area contributed by atoms with E-state index in [-0.39, 0.29) is 6.79 Å². The van der Waals surface area contributed by atoms with Crippen molar-refractivity contribution in [1.82, 2.24) is 0 Å². The lowest BCUT2D eigenvalue weighted by Gasteiger charge is -2.21. The second kappa shape index (κ2) is 9.52. The van der Waals surface area contributed by atoms with E-state index in [0.29, 0.717) is 13.2 Å². The Balaban J connectivity index is 1.43. The Kier molecular flexibility index (Phi) is 6.07. The second-order valence-electron chi connectivity index (χ2n) is 8.95. The van der Waals surface area contributed by atoms with Crippen LogP contribution in [0.5, 0.6) is 23.0 Å². The van der Waals surface area contributed by atoms with Gasteiger partial charge in [0.2, 0.25) is 12.5 Å². The fourth-order valence-corrected chi connectivity index (χ4v) is 5.33. The molecule has 6 rings (SSSR count). The van der Waals surface area contributed by atoms with Crippen molar-refractivity contribution in [2.24, 2.45) is 0 Å². The van der Waals surface area contributed by atoms with Crippen molar-refractivity contribution in [2.75, 3.05) is 27.6 Å². The molecule has 0 bridgehead atoms. The Bertz CT molecular complexity index is 1450. The fourth-order valence-electron chi connectivity index (χ4n) is 5.21. The van der Waals surface area contributed by atoms with Crippen LogP contribution in [-0.4, -0.2) is 27.6 Å². The summed E-state index contributed by atoms with van der Waals surface area (Å²) in [6.07, 6.45) is 3.83. The van der Waals surface area contributed by atoms with Crippen LogP contribution in [0.3, 0.4) is 0 Å². The van der Waals surface area contributed by atoms with Gasteiger partial charge in [-0.25, -0.2) is 0 Å². The van der Waals surface area contributed by atoms with E-state index in [1.54, 1.807) is 14.2 Å². The number of hydrogen-bond acceptors (Lipinski definition) is 5. The zero-order valence-corrected chi connectivity index (χ0v) is 21.1. The Morgan fingerprint density at radius 3 is 2.53 bits per heavy atom. The number of rotatable bonds is 7. The summed E-state index contributed by atoms with van der Waals surface area (Å²) in [5.74, 6) is 3.07. The van der Waals surface area contributed by atoms with Crippen molar-refractivity contribution in [3.05, 3.63) is 76.4 Å². The lowest BCUT2D eigenvalue weighted by molar-refractivity contribution is -0.686. The molecule has 2 aliphatic rings. The molecule has 3 heterocycles. The van der Waals surface area contributed by atoms with Crippen LogP contribution in [0.4, 0.5) is 0 Å². The van der Waals surface area contributed by atoms with Gasteiger partial charge in [-0.05, 0) is 47.5 Å². The predicted octanol–water partition coefficient (Wildman–Crippen LogP) is 5.51. The van der Waals surface area contributed by atoms with Gasteiger partial charge in [-0.3, -0.25) is 0 Å². The number of aromatic nitrogens is 1. The van der Waals surface area contributed by atoms with Gasteiger partial charge in [0.1, 0.15) is 0 Å². The molecule has 0 N–H and O–H groups in total. The van der Waals surface area contributed by atoms with E-state index in [1.807, 2.05) is 30.3 Å². The molecule has 0 radical (unpaired) electrons. The molecule has 0 atom stereocenters. The predicted molar refractivity (Wildman–Crippen MR) is 137 cm³/mol. The van der Waals surface area contributed by atoms with Crippen LogP contribution in [0, 0.1) is 0 Å². The minimum atomic E-state index is 0.262. The van der Waals surface area contributed by atoms with E-state index in [1.165, 1.54) is 22.4 Å². The standard InChI is InChI=1S/C29H27ClNO5/c1-32-25-8-7-21-22(10-12-34-16-18-3-5-20(30)6-4-18)28-23-14-27-26(35-17-36-27)13-19(23)9-11-31(28)15-24(21)29(25)33-2/h3-8,13-15H,9-12,16-17H2,1-2H3/q+1. The van der Waals surface area contributed by atoms with E-state index in [9.17, 15) is 0 Å². The second-order valence-corrected chi connectivity index (χ2v) is 9.39. The quantitative estimate of drug-likeness (QED) is 0.245. The van der Waals surface area contributed by atoms with Gasteiger partial charge < -0.3 is 23.7 Å². The number of hydrogen-bond donors (Lipinski definition) is 0. The van der Waals surface area contributed by atoms with E-state index in [4.69, 9.17) is 35.3 Å². The summed E-state index contributed by atoms with van der Waals surface area (Å²) in [6, 6.07) is 16.1. The molecular weight excluding hydrogens is 478 g/mol. The summed E-state index contributed by atoms with van der Waals surface area (Å²) < 4.78 is 31.2. The summed E-state index contributed by atoms with van der Waals surface area (Å²) in [5.41, 5.74) is 5.93. The maximum atomic E-state index is 6.11. The molecule has 0 fully saturated rings. The van der Waals surface area contributed by atoms with Gasteiger partial charge in [0.05, 0.1) is 38.4 Å². The fraction of sp³-hybridized carbons (Fsp3) is 0.276. The van der Waals surface area contributed by atoms with E-state index >= 15 is 0 Å². The number of halogens is 1. The van der Waals surface area contributed by atoms with Crippen molar-refractivity contribution in [1.29, 1.82) is 0 Å². The number of ether oxygens (including phenoxy) is 5. The molecule has 0 saturated carbocycles. The Morgan fingerprint density at radius 1 is 0.944 bits per heavy atom. The summed E-state index contributed by atoms with van der Waals surface area (Å²) in [5, 5.41) is 2.87. The van der Waals surface area contributed by atoms with Gasteiger partial charge in [-0.15, -0.1) is 0 Å². The van der Waals surface area contributed by atoms with Crippen molar-refractivity contribution in [3.63, 3.8) is 0 Å². The average molecular weight is 505 g/mol. The molecule has 2 aliphatic heterocycles. The third-order valence-electron chi connectivity index (χ3n) is 6.92. The maximum absolute atomic E-state index is 6.11. The molecule has 0 saturated heterocycles. The first kappa shape index (κ1) is 23.0. The molecule has 0 spiro atoms. The summed E-state index contributed by atoms with van der Waals surface area (Å²) in [7, 11) is 3.35. The molecule has 36 heavy (non-hydrogen) atoms. The van der Waals surface area contributed by atoms with Crippen LogP contribution in [-0.2, 0) is 30.7 Å². The topological polar surface area (TPSA) is 50.0 Å². The van der Waals surface area contributed by atoms with Gasteiger partial charge in [0, 0.05) is 28.8 Å². The highest BCUT2D eigenvalue weighted by molar-refractivity contribution is 6.30. The van der Waals surface area contributed by atoms with Gasteiger partial charge in [0.25, 0.3) is 0 Å². The first-order valence-corrected chi connectivity index (χ1v) is 12.4. The zero-order valence-electron chi connectivity index (χ0n) is 20.3. The molecule has 0 unspecified atom stereocenters. The molecule has 6 nitrogen and oxygen atoms in total. The number of pyridine rings is 1. The van der Waals surface area contributed by atoms with E-state index < -0.39 is 0 Å². The van der Waals surface area contributed by atoms with Gasteiger partial charge in [-0.2, -0.15) is 4.57 Å². The third-order valence-corrected chi connectivity index (χ3v) is 7.17. The zero-order chi connectivity index (χ0) is 24.6. The average Bonchev–Trinajstić information content (AvgIpc) is 3.36. The van der Waals surface area contributed by atoms with Crippen LogP contribution in [0.2, 0.25) is 5.02 Å². The third kappa shape index (κ3) is 4.00. The number of methoxy groups -OCH3 is 2. The van der Waals surface area contributed by atoms with Crippen molar-refractivity contribution < 1.29 is 28.3 Å². The highest BCUT2D eigenvalue weighted by Crippen LogP contribution is 2.43. The minimum Gasteiger partial charge on any atom is -0.493 e. The molecule has 184 valence electrons. The molecular formula is C29H27ClNO5+. The lowest BCUT2D eigenvalue weighted by Crippen LogP contribution is -2.41. The number of fused-ring (bicyclic) bond motifs is 5. The minimum absolute atomic E-state index is 0.262. The maximum Gasteiger partial charge on any atom is 0.231 e. The van der Waals surface area contributed by atoms with Crippen LogP contribution >= 0.6 is 11.6 Å². The largest absolute Gasteiger partial charge is 0.493 e. The van der Waals surface area contributed by atoms with E-state index in [2.05, 4.69) is 29.0 Å². The first-order chi connectivity index (χ1) is 17.7. The molecule has 7 heteroatoms. The summed E-state index contributed by atoms with van der Waals surface area (Å²) >= 11 is 6.02. The van der Waals surface area contributed by atoms with Gasteiger partial charge >= 0.3 is 0 Å². The summed E-state index contributed by atoms with van der Waals surface area (Å²) in [6.45, 7) is 2.22. The number of nitrogens with zero attached hydrogens (tertiary/aromatic N) is 1. The molecule has 0 amide bonds. The normalized spacial score (nSPS) is 13.4. The Morgan fingerprint density at radius 2 is 1.75 bits per heavy atom. The molecule has 0 aliphatic carbocycles. The van der Waals surface area contributed by atoms with Crippen LogP contribution in [0.25, 0.3) is 22.0 Å². The van der Waals surface area contributed by atoms with E-state index in [0.717, 1.165) is 63.7 Å². The van der Waals surface area contributed by atoms with Crippen molar-refractivity contribution in [3.8, 4) is 34.3 Å². The van der Waals surface area contributed by atoms with Crippen LogP contribution in [0.15, 0.2) is 54.7 Å². The molecule has 4 aromatic rings. The first-order valence-electron chi connectivity index (χ1n) is 12.0. The highest BCUT2D eigenvalue weighted by Gasteiger charge is 2.32. The summed E-state index contributed by atoms with van der Waals surface area (Å²) in [4.78, 5) is 0. The highest BCUT2D eigenvalue weighted by atomic mass is 35.5. The number of aryl methyl sites for hydroxylation is 2. The van der Waals surface area contributed by atoms with Crippen molar-refractivity contribution in [2.45, 2.75) is 26.0 Å².